The molecule has 0 unspecified atom stereocenters. The quantitative estimate of drug-likeness (QED) is 0.581. The monoisotopic (exact) mass is 260 g/mol. The van der Waals surface area contributed by atoms with Gasteiger partial charge in [0.15, 0.2) is 0 Å². The highest BCUT2D eigenvalue weighted by Crippen LogP contribution is 2.41. The van der Waals surface area contributed by atoms with Crippen LogP contribution in [0, 0.1) is 0 Å². The molecule has 5 nitrogen and oxygen atoms in total. The molecule has 2 fully saturated rings. The van der Waals surface area contributed by atoms with E-state index in [1.807, 2.05) is 30.3 Å². The Bertz CT molecular complexity index is 564. The van der Waals surface area contributed by atoms with Gasteiger partial charge in [0.1, 0.15) is 13.1 Å². The Morgan fingerprint density at radius 2 is 1.68 bits per heavy atom. The summed E-state index contributed by atoms with van der Waals surface area (Å²) >= 11 is 0. The fourth-order valence-corrected chi connectivity index (χ4v) is 2.98. The van der Waals surface area contributed by atoms with E-state index in [0.29, 0.717) is 5.47 Å². The van der Waals surface area contributed by atoms with Crippen LogP contribution in [0.2, 0.25) is 0 Å². The van der Waals surface area contributed by atoms with Crippen molar-refractivity contribution in [1.29, 1.82) is 0 Å². The molecule has 0 aromatic heterocycles. The first kappa shape index (κ1) is 12.0. The number of hydrogen-bond acceptors (Lipinski definition) is 4. The Kier molecular flexibility index (Phi) is 2.34. The van der Waals surface area contributed by atoms with Crippen molar-refractivity contribution in [1.82, 2.24) is 0 Å². The molecule has 0 atom stereocenters. The Balaban J connectivity index is 2.08. The van der Waals surface area contributed by atoms with E-state index < -0.39 is 6.69 Å². The molecule has 19 heavy (non-hydrogen) atoms. The first-order chi connectivity index (χ1) is 8.97. The minimum atomic E-state index is -2.19. The Morgan fingerprint density at radius 1 is 1.16 bits per heavy atom. The fourth-order valence-electron chi connectivity index (χ4n) is 2.98. The van der Waals surface area contributed by atoms with Crippen LogP contribution in [0.4, 0.5) is 0 Å². The van der Waals surface area contributed by atoms with E-state index in [4.69, 9.17) is 9.31 Å². The van der Waals surface area contributed by atoms with Crippen molar-refractivity contribution < 1.29 is 23.3 Å². The van der Waals surface area contributed by atoms with Gasteiger partial charge in [-0.2, -0.15) is 0 Å². The van der Waals surface area contributed by atoms with Crippen molar-refractivity contribution in [3.05, 3.63) is 42.5 Å². The minimum Gasteiger partial charge on any atom is -0.596 e. The normalized spacial score (nSPS) is 32.7. The van der Waals surface area contributed by atoms with Crippen LogP contribution in [0.1, 0.15) is 5.56 Å². The zero-order chi connectivity index (χ0) is 13.7. The summed E-state index contributed by atoms with van der Waals surface area (Å²) in [6.07, 6.45) is 0. The van der Waals surface area contributed by atoms with E-state index in [1.54, 1.807) is 7.05 Å². The van der Waals surface area contributed by atoms with Gasteiger partial charge in [-0.05, 0) is 5.56 Å². The molecule has 1 aromatic carbocycles. The topological polar surface area (TPSA) is 52.6 Å². The number of quaternary nitrogens is 1. The average molecular weight is 260 g/mol. The van der Waals surface area contributed by atoms with Gasteiger partial charge in [-0.3, -0.25) is 9.59 Å². The lowest BCUT2D eigenvalue weighted by atomic mass is 9.60. The highest BCUT2D eigenvalue weighted by Gasteiger charge is 2.66. The van der Waals surface area contributed by atoms with Gasteiger partial charge < -0.3 is 13.7 Å². The van der Waals surface area contributed by atoms with Crippen LogP contribution in [0.5, 0.6) is 0 Å². The molecule has 0 spiro atoms. The largest absolute Gasteiger partial charge is 0.614 e. The SMILES string of the molecule is C[N+]12CC(=O)O[B-]1(C(=[13CH2])c1ccccc1)OC(=O)C2. The van der Waals surface area contributed by atoms with Crippen LogP contribution < -0.4 is 0 Å². The molecule has 1 aromatic rings. The van der Waals surface area contributed by atoms with Gasteiger partial charge in [-0.25, -0.2) is 0 Å². The number of carbonyl (C=O) groups excluding carboxylic acids is 2. The summed E-state index contributed by atoms with van der Waals surface area (Å²) in [7, 11) is 1.80. The van der Waals surface area contributed by atoms with Crippen LogP contribution >= 0.6 is 0 Å². The molecular weight excluding hydrogens is 246 g/mol. The molecule has 0 bridgehead atoms. The van der Waals surface area contributed by atoms with Gasteiger partial charge in [-0.15, -0.1) is 6.58 Å². The third kappa shape index (κ3) is 1.53. The van der Waals surface area contributed by atoms with Crippen molar-refractivity contribution in [2.75, 3.05) is 20.1 Å². The molecule has 0 radical (unpaired) electrons. The maximum atomic E-state index is 11.7. The lowest BCUT2D eigenvalue weighted by Crippen LogP contribution is -2.60. The summed E-state index contributed by atoms with van der Waals surface area (Å²) in [4.78, 5) is 23.3. The molecule has 3 rings (SSSR count). The molecule has 6 heteroatoms. The lowest BCUT2D eigenvalue weighted by Gasteiger charge is -2.41. The summed E-state index contributed by atoms with van der Waals surface area (Å²) in [6.45, 7) is 2.09. The molecule has 98 valence electrons. The van der Waals surface area contributed by atoms with E-state index >= 15 is 0 Å². The van der Waals surface area contributed by atoms with Crippen LogP contribution in [-0.4, -0.2) is 43.2 Å². The molecule has 2 heterocycles. The molecule has 2 aliphatic rings. The van der Waals surface area contributed by atoms with Gasteiger partial charge >= 0.3 is 18.6 Å². The molecule has 0 N–H and O–H groups in total. The van der Waals surface area contributed by atoms with E-state index in [-0.39, 0.29) is 29.4 Å². The predicted octanol–water partition coefficient (Wildman–Crippen LogP) is 0.738. The van der Waals surface area contributed by atoms with Gasteiger partial charge in [-0.1, -0.05) is 35.8 Å². The van der Waals surface area contributed by atoms with Crippen molar-refractivity contribution in [2.45, 2.75) is 0 Å². The maximum absolute atomic E-state index is 11.7. The minimum absolute atomic E-state index is 0.130. The number of nitrogens with zero attached hydrogens (tertiary/aromatic N) is 1. The molecular formula is C13H14BNO4. The van der Waals surface area contributed by atoms with Gasteiger partial charge in [0.25, 0.3) is 0 Å². The molecule has 2 aliphatic heterocycles. The Hall–Kier alpha value is -2.08. The Morgan fingerprint density at radius 3 is 2.21 bits per heavy atom. The second-order valence-corrected chi connectivity index (χ2v) is 5.34. The number of rotatable bonds is 2. The van der Waals surface area contributed by atoms with Crippen LogP contribution in [0.15, 0.2) is 36.9 Å². The van der Waals surface area contributed by atoms with E-state index in [2.05, 4.69) is 6.58 Å². The van der Waals surface area contributed by atoms with Crippen LogP contribution in [0.3, 0.4) is 0 Å². The fraction of sp³-hybridized carbons (Fsp3) is 0.231. The van der Waals surface area contributed by atoms with Crippen molar-refractivity contribution in [3.63, 3.8) is 0 Å². The number of hydrogen-bond donors (Lipinski definition) is 0. The first-order valence-corrected chi connectivity index (χ1v) is 6.14. The number of likely N-dealkylation sites (N-methyl/N-ethyl adjacent to an activating group) is 1. The average Bonchev–Trinajstić information content (AvgIpc) is 2.74. The van der Waals surface area contributed by atoms with E-state index in [0.717, 1.165) is 5.56 Å². The second kappa shape index (κ2) is 3.71. The van der Waals surface area contributed by atoms with Gasteiger partial charge in [0.05, 0.1) is 0 Å². The van der Waals surface area contributed by atoms with Crippen LogP contribution in [-0.2, 0) is 18.9 Å². The number of benzene rings is 1. The number of fused-ring (bicyclic) bond motifs is 1. The zero-order valence-corrected chi connectivity index (χ0v) is 10.7. The summed E-state index contributed by atoms with van der Waals surface area (Å²) in [6, 6.07) is 9.34. The predicted molar refractivity (Wildman–Crippen MR) is 69.3 cm³/mol. The molecule has 0 amide bonds. The standard InChI is InChI=1S/C13H14BNO4/c1-10(11-6-4-3-5-7-11)14-15(2,8-12(16)18-14)9-13(17)19-14/h3-7H,1,8-9H2,2H3/i1+1. The number of carbonyl (C=O) groups is 2. The first-order valence-electron chi connectivity index (χ1n) is 6.14. The van der Waals surface area contributed by atoms with Crippen molar-refractivity contribution in [3.8, 4) is 0 Å². The maximum Gasteiger partial charge on any atom is 0.614 e. The smallest absolute Gasteiger partial charge is 0.596 e. The van der Waals surface area contributed by atoms with Crippen molar-refractivity contribution in [2.24, 2.45) is 0 Å². The Labute approximate surface area is 111 Å². The third-order valence-electron chi connectivity index (χ3n) is 3.97. The van der Waals surface area contributed by atoms with Crippen molar-refractivity contribution >= 4 is 24.1 Å². The zero-order valence-electron chi connectivity index (χ0n) is 10.7. The van der Waals surface area contributed by atoms with E-state index in [9.17, 15) is 9.59 Å². The summed E-state index contributed by atoms with van der Waals surface area (Å²) < 4.78 is 11.0. The van der Waals surface area contributed by atoms with Crippen LogP contribution in [0.25, 0.3) is 5.47 Å². The summed E-state index contributed by atoms with van der Waals surface area (Å²) in [5, 5.41) is 0. The highest BCUT2D eigenvalue weighted by molar-refractivity contribution is 6.84. The van der Waals surface area contributed by atoms with Gasteiger partial charge in [0.2, 0.25) is 0 Å². The summed E-state index contributed by atoms with van der Waals surface area (Å²) in [5.74, 6) is -0.709. The van der Waals surface area contributed by atoms with Gasteiger partial charge in [0, 0.05) is 7.05 Å². The van der Waals surface area contributed by atoms with E-state index in [1.165, 1.54) is 0 Å². The summed E-state index contributed by atoms with van der Waals surface area (Å²) in [5.41, 5.74) is 1.37. The third-order valence-corrected chi connectivity index (χ3v) is 3.97. The molecule has 0 saturated carbocycles. The lowest BCUT2D eigenvalue weighted by molar-refractivity contribution is -0.791. The highest BCUT2D eigenvalue weighted by atomic mass is 16.7. The second-order valence-electron chi connectivity index (χ2n) is 5.34. The molecule has 2 saturated heterocycles. The molecule has 0 aliphatic carbocycles.